The molecule has 1 aromatic heterocycles. The lowest BCUT2D eigenvalue weighted by atomic mass is 10.2. The van der Waals surface area contributed by atoms with E-state index in [1.807, 2.05) is 11.0 Å². The van der Waals surface area contributed by atoms with E-state index in [4.69, 9.17) is 9.47 Å². The highest BCUT2D eigenvalue weighted by molar-refractivity contribution is 5.89. The van der Waals surface area contributed by atoms with E-state index in [1.54, 1.807) is 19.2 Å². The van der Waals surface area contributed by atoms with Crippen molar-refractivity contribution < 1.29 is 19.1 Å². The van der Waals surface area contributed by atoms with Gasteiger partial charge in [0.1, 0.15) is 5.82 Å². The van der Waals surface area contributed by atoms with Gasteiger partial charge in [-0.1, -0.05) is 0 Å². The molecule has 1 atom stereocenters. The number of anilines is 1. The Bertz CT molecular complexity index is 670. The predicted molar refractivity (Wildman–Crippen MR) is 109 cm³/mol. The molecular formula is C20H31N5O4. The largest absolute Gasteiger partial charge is 0.462 e. The Balaban J connectivity index is 1.42. The summed E-state index contributed by atoms with van der Waals surface area (Å²) in [6.07, 6.45) is 1.54. The van der Waals surface area contributed by atoms with Gasteiger partial charge in [-0.15, -0.1) is 0 Å². The van der Waals surface area contributed by atoms with Gasteiger partial charge in [-0.05, 0) is 26.0 Å². The number of esters is 1. The van der Waals surface area contributed by atoms with Crippen molar-refractivity contribution in [2.24, 2.45) is 0 Å². The maximum absolute atomic E-state index is 12.5. The van der Waals surface area contributed by atoms with Crippen molar-refractivity contribution in [1.29, 1.82) is 0 Å². The lowest BCUT2D eigenvalue weighted by Crippen LogP contribution is -2.54. The van der Waals surface area contributed by atoms with E-state index in [1.165, 1.54) is 0 Å². The molecule has 3 rings (SSSR count). The number of pyridine rings is 1. The van der Waals surface area contributed by atoms with Crippen LogP contribution in [0.15, 0.2) is 18.3 Å². The zero-order chi connectivity index (χ0) is 20.6. The van der Waals surface area contributed by atoms with Crippen molar-refractivity contribution >= 4 is 17.8 Å². The fourth-order valence-electron chi connectivity index (χ4n) is 3.54. The first kappa shape index (κ1) is 21.3. The lowest BCUT2D eigenvalue weighted by Gasteiger charge is -2.36. The standard InChI is InChI=1S/C20H31N5O4/c1-3-29-19(26)17-4-5-18(21-15-17)24-6-8-25(9-7-24)20(27)22-14-16(2)23-10-12-28-13-11-23/h4-5,15-16H,3,6-14H2,1-2H3,(H,22,27). The van der Waals surface area contributed by atoms with Crippen LogP contribution in [0.5, 0.6) is 0 Å². The average molecular weight is 405 g/mol. The highest BCUT2D eigenvalue weighted by Gasteiger charge is 2.23. The summed E-state index contributed by atoms with van der Waals surface area (Å²) in [6, 6.07) is 3.83. The zero-order valence-corrected chi connectivity index (χ0v) is 17.3. The van der Waals surface area contributed by atoms with Crippen LogP contribution in [0.3, 0.4) is 0 Å². The number of nitrogens with zero attached hydrogens (tertiary/aromatic N) is 4. The Hall–Kier alpha value is -2.39. The normalized spacial score (nSPS) is 19.0. The third kappa shape index (κ3) is 5.80. The third-order valence-electron chi connectivity index (χ3n) is 5.37. The van der Waals surface area contributed by atoms with E-state index in [0.29, 0.717) is 50.9 Å². The number of ether oxygens (including phenoxy) is 2. The zero-order valence-electron chi connectivity index (χ0n) is 17.3. The highest BCUT2D eigenvalue weighted by atomic mass is 16.5. The number of carbonyl (C=O) groups excluding carboxylic acids is 2. The molecule has 0 spiro atoms. The lowest BCUT2D eigenvalue weighted by molar-refractivity contribution is 0.0206. The molecule has 9 nitrogen and oxygen atoms in total. The van der Waals surface area contributed by atoms with Crippen molar-refractivity contribution in [1.82, 2.24) is 20.1 Å². The molecule has 2 fully saturated rings. The van der Waals surface area contributed by atoms with Gasteiger partial charge in [-0.25, -0.2) is 14.6 Å². The van der Waals surface area contributed by atoms with Crippen LogP contribution < -0.4 is 10.2 Å². The van der Waals surface area contributed by atoms with Crippen molar-refractivity contribution in [3.63, 3.8) is 0 Å². The summed E-state index contributed by atoms with van der Waals surface area (Å²) in [4.78, 5) is 34.9. The second kappa shape index (κ2) is 10.4. The number of aromatic nitrogens is 1. The topological polar surface area (TPSA) is 87.2 Å². The Morgan fingerprint density at radius 2 is 1.90 bits per heavy atom. The smallest absolute Gasteiger partial charge is 0.339 e. The first-order valence-corrected chi connectivity index (χ1v) is 10.3. The van der Waals surface area contributed by atoms with E-state index in [-0.39, 0.29) is 12.0 Å². The molecule has 0 bridgehead atoms. The van der Waals surface area contributed by atoms with Crippen molar-refractivity contribution in [2.45, 2.75) is 19.9 Å². The summed E-state index contributed by atoms with van der Waals surface area (Å²) < 4.78 is 10.4. The number of hydrogen-bond donors (Lipinski definition) is 1. The molecule has 2 aliphatic rings. The minimum atomic E-state index is -0.362. The van der Waals surface area contributed by atoms with Gasteiger partial charge in [-0.3, -0.25) is 4.90 Å². The summed E-state index contributed by atoms with van der Waals surface area (Å²) in [5.41, 5.74) is 0.447. The number of hydrogen-bond acceptors (Lipinski definition) is 7. The van der Waals surface area contributed by atoms with Gasteiger partial charge < -0.3 is 24.6 Å². The Morgan fingerprint density at radius 3 is 2.52 bits per heavy atom. The summed E-state index contributed by atoms with van der Waals surface area (Å²) >= 11 is 0. The van der Waals surface area contributed by atoms with Crippen LogP contribution in [0.1, 0.15) is 24.2 Å². The van der Waals surface area contributed by atoms with Crippen molar-refractivity contribution in [3.8, 4) is 0 Å². The summed E-state index contributed by atoms with van der Waals surface area (Å²) in [6.45, 7) is 10.9. The maximum atomic E-state index is 12.5. The van der Waals surface area contributed by atoms with Crippen molar-refractivity contribution in [3.05, 3.63) is 23.9 Å². The number of amides is 2. The highest BCUT2D eigenvalue weighted by Crippen LogP contribution is 2.15. The summed E-state index contributed by atoms with van der Waals surface area (Å²) in [7, 11) is 0. The van der Waals surface area contributed by atoms with E-state index < -0.39 is 0 Å². The SMILES string of the molecule is CCOC(=O)c1ccc(N2CCN(C(=O)NCC(C)N3CCOCC3)CC2)nc1. The monoisotopic (exact) mass is 405 g/mol. The molecule has 1 unspecified atom stereocenters. The Labute approximate surface area is 171 Å². The quantitative estimate of drug-likeness (QED) is 0.701. The first-order valence-electron chi connectivity index (χ1n) is 10.3. The van der Waals surface area contributed by atoms with Crippen molar-refractivity contribution in [2.75, 3.05) is 70.5 Å². The molecule has 29 heavy (non-hydrogen) atoms. The molecule has 1 N–H and O–H groups in total. The molecule has 0 aliphatic carbocycles. The van der Waals surface area contributed by atoms with Crippen LogP contribution in [0, 0.1) is 0 Å². The summed E-state index contributed by atoms with van der Waals surface area (Å²) in [5.74, 6) is 0.443. The third-order valence-corrected chi connectivity index (χ3v) is 5.37. The molecule has 3 heterocycles. The predicted octanol–water partition coefficient (Wildman–Crippen LogP) is 0.811. The Morgan fingerprint density at radius 1 is 1.17 bits per heavy atom. The molecule has 1 aromatic rings. The molecular weight excluding hydrogens is 374 g/mol. The molecule has 0 aromatic carbocycles. The van der Waals surface area contributed by atoms with Crippen LogP contribution in [0.2, 0.25) is 0 Å². The number of morpholine rings is 1. The number of piperazine rings is 1. The molecule has 2 amide bonds. The van der Waals surface area contributed by atoms with Crippen LogP contribution in [0.4, 0.5) is 10.6 Å². The van der Waals surface area contributed by atoms with Gasteiger partial charge in [0.15, 0.2) is 0 Å². The van der Waals surface area contributed by atoms with Crippen LogP contribution in [-0.2, 0) is 9.47 Å². The number of rotatable bonds is 6. The average Bonchev–Trinajstić information content (AvgIpc) is 2.78. The fraction of sp³-hybridized carbons (Fsp3) is 0.650. The van der Waals surface area contributed by atoms with Gasteiger partial charge >= 0.3 is 12.0 Å². The molecule has 0 saturated carbocycles. The summed E-state index contributed by atoms with van der Waals surface area (Å²) in [5, 5.41) is 3.05. The molecule has 2 saturated heterocycles. The molecule has 9 heteroatoms. The van der Waals surface area contributed by atoms with Crippen LogP contribution in [0.25, 0.3) is 0 Å². The first-order chi connectivity index (χ1) is 14.1. The second-order valence-corrected chi connectivity index (χ2v) is 7.28. The number of nitrogens with one attached hydrogen (secondary N) is 1. The number of carbonyl (C=O) groups is 2. The van der Waals surface area contributed by atoms with Gasteiger partial charge in [0, 0.05) is 58.1 Å². The molecule has 0 radical (unpaired) electrons. The minimum Gasteiger partial charge on any atom is -0.462 e. The second-order valence-electron chi connectivity index (χ2n) is 7.28. The molecule has 160 valence electrons. The van der Waals surface area contributed by atoms with Gasteiger partial charge in [-0.2, -0.15) is 0 Å². The maximum Gasteiger partial charge on any atom is 0.339 e. The van der Waals surface area contributed by atoms with Crippen LogP contribution in [-0.4, -0.2) is 98.5 Å². The number of urea groups is 1. The van der Waals surface area contributed by atoms with Gasteiger partial charge in [0.05, 0.1) is 25.4 Å². The van der Waals surface area contributed by atoms with E-state index in [9.17, 15) is 9.59 Å². The Kier molecular flexibility index (Phi) is 7.65. The van der Waals surface area contributed by atoms with E-state index >= 15 is 0 Å². The minimum absolute atomic E-state index is 0.0182. The molecule has 2 aliphatic heterocycles. The van der Waals surface area contributed by atoms with E-state index in [0.717, 1.165) is 32.1 Å². The van der Waals surface area contributed by atoms with Crippen LogP contribution >= 0.6 is 0 Å². The fourth-order valence-corrected chi connectivity index (χ4v) is 3.54. The van der Waals surface area contributed by atoms with E-state index in [2.05, 4.69) is 27.0 Å². The van der Waals surface area contributed by atoms with Gasteiger partial charge in [0.2, 0.25) is 0 Å². The van der Waals surface area contributed by atoms with Gasteiger partial charge in [0.25, 0.3) is 0 Å².